The van der Waals surface area contributed by atoms with Crippen LogP contribution in [0.4, 0.5) is 0 Å². The van der Waals surface area contributed by atoms with Gasteiger partial charge in [0.25, 0.3) is 0 Å². The highest BCUT2D eigenvalue weighted by Crippen LogP contribution is 2.18. The van der Waals surface area contributed by atoms with Gasteiger partial charge in [0.05, 0.1) is 6.20 Å². The summed E-state index contributed by atoms with van der Waals surface area (Å²) in [6.07, 6.45) is 3.75. The molecule has 0 saturated carbocycles. The number of aromatic hydroxyl groups is 1. The molecular weight excluding hydrogens is 284 g/mol. The molecule has 1 rings (SSSR count). The van der Waals surface area contributed by atoms with Gasteiger partial charge in [-0.3, -0.25) is 9.69 Å². The van der Waals surface area contributed by atoms with Crippen LogP contribution in [0, 0.1) is 0 Å². The zero-order valence-corrected chi connectivity index (χ0v) is 13.6. The number of pyridine rings is 1. The highest BCUT2D eigenvalue weighted by atomic mass is 16.4. The van der Waals surface area contributed by atoms with Gasteiger partial charge in [0, 0.05) is 18.3 Å². The molecule has 0 fully saturated rings. The number of aromatic nitrogens is 1. The van der Waals surface area contributed by atoms with Crippen molar-refractivity contribution in [2.45, 2.75) is 52.6 Å². The van der Waals surface area contributed by atoms with Crippen LogP contribution in [-0.4, -0.2) is 38.7 Å². The zero-order chi connectivity index (χ0) is 16.7. The Hall–Kier alpha value is -1.82. The maximum absolute atomic E-state index is 11.7. The zero-order valence-electron chi connectivity index (χ0n) is 13.6. The van der Waals surface area contributed by atoms with Crippen LogP contribution < -0.4 is 5.43 Å². The first-order valence-corrected chi connectivity index (χ1v) is 7.83. The van der Waals surface area contributed by atoms with Crippen molar-refractivity contribution in [3.63, 3.8) is 0 Å². The van der Waals surface area contributed by atoms with Gasteiger partial charge in [-0.05, 0) is 25.9 Å². The largest absolute Gasteiger partial charge is 0.503 e. The number of nitrogens with zero attached hydrogens (tertiary/aromatic N) is 2. The van der Waals surface area contributed by atoms with Crippen molar-refractivity contribution in [2.75, 3.05) is 13.1 Å². The molecule has 0 aromatic carbocycles. The van der Waals surface area contributed by atoms with E-state index in [-0.39, 0.29) is 0 Å². The molecule has 1 heterocycles. The van der Waals surface area contributed by atoms with E-state index in [1.165, 1.54) is 16.8 Å². The Balaban J connectivity index is 3.18. The standard InChI is InChI=1S/C16H26N2O4/c1-4-7-8-17(6-3)10-12-9-14(19)15(20)11-18(12)13(5-2)16(21)22/h9,11,13,20H,4-8,10H2,1-3H3,(H,21,22). The van der Waals surface area contributed by atoms with Crippen LogP contribution in [0.2, 0.25) is 0 Å². The third-order valence-electron chi connectivity index (χ3n) is 3.81. The van der Waals surface area contributed by atoms with Crippen molar-refractivity contribution < 1.29 is 15.0 Å². The second kappa shape index (κ2) is 8.58. The summed E-state index contributed by atoms with van der Waals surface area (Å²) < 4.78 is 1.51. The molecule has 6 nitrogen and oxygen atoms in total. The summed E-state index contributed by atoms with van der Waals surface area (Å²) in [5.74, 6) is -1.39. The summed E-state index contributed by atoms with van der Waals surface area (Å²) in [5, 5.41) is 19.0. The number of hydrogen-bond acceptors (Lipinski definition) is 4. The molecule has 0 spiro atoms. The van der Waals surface area contributed by atoms with Crippen molar-refractivity contribution in [3.05, 3.63) is 28.2 Å². The van der Waals surface area contributed by atoms with Crippen molar-refractivity contribution in [2.24, 2.45) is 0 Å². The van der Waals surface area contributed by atoms with Crippen LogP contribution >= 0.6 is 0 Å². The number of carboxylic acid groups (broad SMARTS) is 1. The fourth-order valence-corrected chi connectivity index (χ4v) is 2.45. The quantitative estimate of drug-likeness (QED) is 0.730. The Morgan fingerprint density at radius 3 is 2.55 bits per heavy atom. The molecule has 1 atom stereocenters. The van der Waals surface area contributed by atoms with Gasteiger partial charge in [-0.25, -0.2) is 4.79 Å². The molecule has 22 heavy (non-hydrogen) atoms. The van der Waals surface area contributed by atoms with Gasteiger partial charge in [0.1, 0.15) is 6.04 Å². The van der Waals surface area contributed by atoms with E-state index in [0.29, 0.717) is 18.7 Å². The number of unbranched alkanes of at least 4 members (excludes halogenated alkanes) is 1. The summed E-state index contributed by atoms with van der Waals surface area (Å²) in [7, 11) is 0. The molecule has 0 aliphatic rings. The molecule has 1 aromatic heterocycles. The van der Waals surface area contributed by atoms with E-state index in [2.05, 4.69) is 11.8 Å². The first kappa shape index (κ1) is 18.2. The average Bonchev–Trinajstić information content (AvgIpc) is 2.48. The van der Waals surface area contributed by atoms with Crippen LogP contribution in [0.25, 0.3) is 0 Å². The minimum absolute atomic E-state index is 0.381. The Morgan fingerprint density at radius 1 is 1.36 bits per heavy atom. The van der Waals surface area contributed by atoms with Crippen LogP contribution in [0.1, 0.15) is 51.8 Å². The lowest BCUT2D eigenvalue weighted by Gasteiger charge is -2.25. The second-order valence-electron chi connectivity index (χ2n) is 5.41. The maximum Gasteiger partial charge on any atom is 0.326 e. The van der Waals surface area contributed by atoms with Crippen molar-refractivity contribution in [3.8, 4) is 5.75 Å². The Morgan fingerprint density at radius 2 is 2.05 bits per heavy atom. The highest BCUT2D eigenvalue weighted by molar-refractivity contribution is 5.72. The SMILES string of the molecule is CCCCN(CC)Cc1cc(=O)c(O)cn1C(CC)C(=O)O. The lowest BCUT2D eigenvalue weighted by molar-refractivity contribution is -0.141. The normalized spacial score (nSPS) is 12.5. The van der Waals surface area contributed by atoms with Crippen LogP contribution in [0.15, 0.2) is 17.1 Å². The molecular formula is C16H26N2O4. The Kier molecular flexibility index (Phi) is 7.11. The van der Waals surface area contributed by atoms with E-state index in [1.807, 2.05) is 6.92 Å². The monoisotopic (exact) mass is 310 g/mol. The predicted octanol–water partition coefficient (Wildman–Crippen LogP) is 2.21. The van der Waals surface area contributed by atoms with Gasteiger partial charge >= 0.3 is 5.97 Å². The molecule has 0 bridgehead atoms. The molecule has 0 saturated heterocycles. The van der Waals surface area contributed by atoms with E-state index in [0.717, 1.165) is 25.9 Å². The molecule has 2 N–H and O–H groups in total. The Labute approximate surface area is 131 Å². The third-order valence-corrected chi connectivity index (χ3v) is 3.81. The van der Waals surface area contributed by atoms with Gasteiger partial charge < -0.3 is 14.8 Å². The number of hydrogen-bond donors (Lipinski definition) is 2. The third kappa shape index (κ3) is 4.59. The van der Waals surface area contributed by atoms with E-state index >= 15 is 0 Å². The summed E-state index contributed by atoms with van der Waals surface area (Å²) >= 11 is 0. The summed E-state index contributed by atoms with van der Waals surface area (Å²) in [6.45, 7) is 8.13. The van der Waals surface area contributed by atoms with Gasteiger partial charge in [-0.1, -0.05) is 27.2 Å². The average molecular weight is 310 g/mol. The molecule has 0 aliphatic carbocycles. The van der Waals surface area contributed by atoms with Gasteiger partial charge in [-0.2, -0.15) is 0 Å². The molecule has 0 aliphatic heterocycles. The van der Waals surface area contributed by atoms with Crippen molar-refractivity contribution in [1.82, 2.24) is 9.47 Å². The fraction of sp³-hybridized carbons (Fsp3) is 0.625. The maximum atomic E-state index is 11.7. The Bertz CT molecular complexity index is 554. The molecule has 124 valence electrons. The molecule has 0 radical (unpaired) electrons. The predicted molar refractivity (Wildman–Crippen MR) is 85.2 cm³/mol. The van der Waals surface area contributed by atoms with Gasteiger partial charge in [0.15, 0.2) is 5.75 Å². The number of carbonyl (C=O) groups is 1. The lowest BCUT2D eigenvalue weighted by atomic mass is 10.2. The van der Waals surface area contributed by atoms with E-state index in [4.69, 9.17) is 0 Å². The van der Waals surface area contributed by atoms with E-state index in [9.17, 15) is 19.8 Å². The topological polar surface area (TPSA) is 82.8 Å². The summed E-state index contributed by atoms with van der Waals surface area (Å²) in [4.78, 5) is 25.3. The number of aliphatic carboxylic acids is 1. The smallest absolute Gasteiger partial charge is 0.326 e. The van der Waals surface area contributed by atoms with Crippen molar-refractivity contribution >= 4 is 5.97 Å². The highest BCUT2D eigenvalue weighted by Gasteiger charge is 2.21. The first-order chi connectivity index (χ1) is 10.4. The minimum atomic E-state index is -0.969. The molecule has 0 amide bonds. The number of carboxylic acids is 1. The summed E-state index contributed by atoms with van der Waals surface area (Å²) in [5.41, 5.74) is 0.146. The lowest BCUT2D eigenvalue weighted by Crippen LogP contribution is -2.29. The minimum Gasteiger partial charge on any atom is -0.503 e. The van der Waals surface area contributed by atoms with E-state index < -0.39 is 23.2 Å². The van der Waals surface area contributed by atoms with Gasteiger partial charge in [-0.15, -0.1) is 0 Å². The van der Waals surface area contributed by atoms with Crippen LogP contribution in [-0.2, 0) is 11.3 Å². The second-order valence-corrected chi connectivity index (χ2v) is 5.41. The van der Waals surface area contributed by atoms with E-state index in [1.54, 1.807) is 6.92 Å². The first-order valence-electron chi connectivity index (χ1n) is 7.83. The van der Waals surface area contributed by atoms with Crippen LogP contribution in [0.3, 0.4) is 0 Å². The molecule has 6 heteroatoms. The van der Waals surface area contributed by atoms with Crippen molar-refractivity contribution in [1.29, 1.82) is 0 Å². The number of rotatable bonds is 9. The van der Waals surface area contributed by atoms with Crippen LogP contribution in [0.5, 0.6) is 5.75 Å². The van der Waals surface area contributed by atoms with Gasteiger partial charge in [0.2, 0.25) is 5.43 Å². The summed E-state index contributed by atoms with van der Waals surface area (Å²) in [6, 6.07) is 0.557. The molecule has 1 aromatic rings. The fourth-order valence-electron chi connectivity index (χ4n) is 2.45. The molecule has 1 unspecified atom stereocenters.